The van der Waals surface area contributed by atoms with Crippen molar-refractivity contribution in [2.75, 3.05) is 25.6 Å². The molecule has 1 atom stereocenters. The van der Waals surface area contributed by atoms with Gasteiger partial charge < -0.3 is 14.8 Å². The molecule has 6 nitrogen and oxygen atoms in total. The highest BCUT2D eigenvalue weighted by Gasteiger charge is 2.20. The summed E-state index contributed by atoms with van der Waals surface area (Å²) in [4.78, 5) is 13.7. The molecule has 1 aliphatic rings. The van der Waals surface area contributed by atoms with Crippen LogP contribution in [-0.4, -0.2) is 35.3 Å². The standard InChI is InChI=1S/C16H22N4O2S/c1-3-12-10-23-16(18-12)7-17-14-6-13(11-4-5-22-8-11)19-15(20-14)9-21-2/h6,10-11H,3-5,7-9H2,1-2H3,(H,17,19,20)/t11-/m0/s1. The number of aryl methyl sites for hydroxylation is 1. The van der Waals surface area contributed by atoms with Gasteiger partial charge in [-0.1, -0.05) is 6.92 Å². The normalized spacial score (nSPS) is 17.6. The molecule has 1 saturated heterocycles. The molecule has 3 heterocycles. The molecule has 0 saturated carbocycles. The maximum atomic E-state index is 5.48. The molecule has 1 aliphatic heterocycles. The van der Waals surface area contributed by atoms with Crippen LogP contribution in [-0.2, 0) is 29.0 Å². The number of methoxy groups -OCH3 is 1. The van der Waals surface area contributed by atoms with E-state index in [-0.39, 0.29) is 0 Å². The van der Waals surface area contributed by atoms with E-state index < -0.39 is 0 Å². The van der Waals surface area contributed by atoms with Crippen LogP contribution in [0, 0.1) is 0 Å². The van der Waals surface area contributed by atoms with Crippen LogP contribution in [0.15, 0.2) is 11.4 Å². The molecule has 1 N–H and O–H groups in total. The third kappa shape index (κ3) is 4.25. The molecule has 0 spiro atoms. The number of nitrogens with one attached hydrogen (secondary N) is 1. The quantitative estimate of drug-likeness (QED) is 0.840. The number of hydrogen-bond acceptors (Lipinski definition) is 7. The van der Waals surface area contributed by atoms with E-state index in [9.17, 15) is 0 Å². The van der Waals surface area contributed by atoms with Crippen molar-refractivity contribution in [1.82, 2.24) is 15.0 Å². The lowest BCUT2D eigenvalue weighted by atomic mass is 10.0. The lowest BCUT2D eigenvalue weighted by Gasteiger charge is -2.12. The minimum absolute atomic E-state index is 0.348. The summed E-state index contributed by atoms with van der Waals surface area (Å²) in [6, 6.07) is 2.02. The average Bonchev–Trinajstić information content (AvgIpc) is 3.24. The average molecular weight is 334 g/mol. The van der Waals surface area contributed by atoms with Crippen LogP contribution in [0.1, 0.15) is 41.5 Å². The van der Waals surface area contributed by atoms with Crippen LogP contribution in [0.5, 0.6) is 0 Å². The first-order valence-corrected chi connectivity index (χ1v) is 8.78. The van der Waals surface area contributed by atoms with Gasteiger partial charge in [-0.3, -0.25) is 0 Å². The molecule has 0 amide bonds. The van der Waals surface area contributed by atoms with Gasteiger partial charge in [0.1, 0.15) is 17.4 Å². The zero-order chi connectivity index (χ0) is 16.1. The Morgan fingerprint density at radius 3 is 3.00 bits per heavy atom. The molecule has 0 radical (unpaired) electrons. The minimum atomic E-state index is 0.348. The minimum Gasteiger partial charge on any atom is -0.381 e. The van der Waals surface area contributed by atoms with E-state index in [4.69, 9.17) is 9.47 Å². The van der Waals surface area contributed by atoms with E-state index in [1.54, 1.807) is 18.4 Å². The highest BCUT2D eigenvalue weighted by atomic mass is 32.1. The maximum absolute atomic E-state index is 5.48. The molecular weight excluding hydrogens is 312 g/mol. The van der Waals surface area contributed by atoms with Gasteiger partial charge in [0.2, 0.25) is 0 Å². The Kier molecular flexibility index (Phi) is 5.53. The van der Waals surface area contributed by atoms with E-state index in [0.717, 1.165) is 48.3 Å². The second-order valence-electron chi connectivity index (χ2n) is 5.53. The summed E-state index contributed by atoms with van der Waals surface area (Å²) >= 11 is 1.68. The SMILES string of the molecule is CCc1csc(CNc2cc([C@H]3CCOC3)nc(COC)n2)n1. The number of rotatable bonds is 7. The van der Waals surface area contributed by atoms with Gasteiger partial charge in [0.25, 0.3) is 0 Å². The van der Waals surface area contributed by atoms with Crippen molar-refractivity contribution in [1.29, 1.82) is 0 Å². The number of nitrogens with zero attached hydrogens (tertiary/aromatic N) is 3. The maximum Gasteiger partial charge on any atom is 0.156 e. The number of anilines is 1. The zero-order valence-corrected chi connectivity index (χ0v) is 14.4. The van der Waals surface area contributed by atoms with Gasteiger partial charge in [-0.05, 0) is 12.8 Å². The molecular formula is C16H22N4O2S. The summed E-state index contributed by atoms with van der Waals surface area (Å²) in [7, 11) is 1.66. The fourth-order valence-corrected chi connectivity index (χ4v) is 3.35. The third-order valence-electron chi connectivity index (χ3n) is 3.80. The molecule has 0 aromatic carbocycles. The van der Waals surface area contributed by atoms with Crippen molar-refractivity contribution in [3.63, 3.8) is 0 Å². The number of aromatic nitrogens is 3. The lowest BCUT2D eigenvalue weighted by molar-refractivity contribution is 0.177. The van der Waals surface area contributed by atoms with Crippen molar-refractivity contribution in [2.24, 2.45) is 0 Å². The van der Waals surface area contributed by atoms with Gasteiger partial charge >= 0.3 is 0 Å². The Balaban J connectivity index is 1.73. The van der Waals surface area contributed by atoms with Crippen molar-refractivity contribution in [3.8, 4) is 0 Å². The van der Waals surface area contributed by atoms with Crippen molar-refractivity contribution in [2.45, 2.75) is 38.8 Å². The molecule has 1 fully saturated rings. The predicted molar refractivity (Wildman–Crippen MR) is 89.7 cm³/mol. The zero-order valence-electron chi connectivity index (χ0n) is 13.5. The number of thiazole rings is 1. The van der Waals surface area contributed by atoms with Crippen LogP contribution in [0.25, 0.3) is 0 Å². The Labute approximate surface area is 140 Å². The highest BCUT2D eigenvalue weighted by molar-refractivity contribution is 7.09. The van der Waals surface area contributed by atoms with Gasteiger partial charge in [0.05, 0.1) is 24.5 Å². The number of ether oxygens (including phenoxy) is 2. The Bertz CT molecular complexity index is 641. The van der Waals surface area contributed by atoms with Crippen molar-refractivity contribution in [3.05, 3.63) is 33.7 Å². The van der Waals surface area contributed by atoms with Gasteiger partial charge in [0, 0.05) is 31.1 Å². The van der Waals surface area contributed by atoms with Crippen LogP contribution in [0.3, 0.4) is 0 Å². The summed E-state index contributed by atoms with van der Waals surface area (Å²) in [5.41, 5.74) is 2.17. The van der Waals surface area contributed by atoms with Crippen molar-refractivity contribution < 1.29 is 9.47 Å². The fraction of sp³-hybridized carbons (Fsp3) is 0.562. The van der Waals surface area contributed by atoms with E-state index in [1.165, 1.54) is 0 Å². The van der Waals surface area contributed by atoms with E-state index in [2.05, 4.69) is 32.6 Å². The van der Waals surface area contributed by atoms with Crippen LogP contribution in [0.2, 0.25) is 0 Å². The Morgan fingerprint density at radius 1 is 1.39 bits per heavy atom. The summed E-state index contributed by atoms with van der Waals surface area (Å²) in [5, 5.41) is 6.54. The topological polar surface area (TPSA) is 69.2 Å². The lowest BCUT2D eigenvalue weighted by Crippen LogP contribution is -2.10. The van der Waals surface area contributed by atoms with Crippen LogP contribution < -0.4 is 5.32 Å². The second-order valence-corrected chi connectivity index (χ2v) is 6.47. The molecule has 0 unspecified atom stereocenters. The van der Waals surface area contributed by atoms with Gasteiger partial charge in [-0.15, -0.1) is 11.3 Å². The molecule has 2 aromatic heterocycles. The summed E-state index contributed by atoms with van der Waals surface area (Å²) < 4.78 is 10.7. The van der Waals surface area contributed by atoms with E-state index in [0.29, 0.717) is 24.9 Å². The van der Waals surface area contributed by atoms with Crippen LogP contribution in [0.4, 0.5) is 5.82 Å². The second kappa shape index (κ2) is 7.81. The van der Waals surface area contributed by atoms with Gasteiger partial charge in [0.15, 0.2) is 5.82 Å². The van der Waals surface area contributed by atoms with E-state index in [1.807, 2.05) is 6.07 Å². The monoisotopic (exact) mass is 334 g/mol. The summed E-state index contributed by atoms with van der Waals surface area (Å²) in [6.07, 6.45) is 1.98. The molecule has 3 rings (SSSR count). The highest BCUT2D eigenvalue weighted by Crippen LogP contribution is 2.25. The molecule has 23 heavy (non-hydrogen) atoms. The first-order chi connectivity index (χ1) is 11.3. The number of hydrogen-bond donors (Lipinski definition) is 1. The fourth-order valence-electron chi connectivity index (χ4n) is 2.54. The van der Waals surface area contributed by atoms with Gasteiger partial charge in [-0.2, -0.15) is 0 Å². The Morgan fingerprint density at radius 2 is 2.30 bits per heavy atom. The Hall–Kier alpha value is -1.57. The van der Waals surface area contributed by atoms with Crippen molar-refractivity contribution >= 4 is 17.2 Å². The summed E-state index contributed by atoms with van der Waals surface area (Å²) in [6.45, 7) is 4.73. The molecule has 2 aromatic rings. The van der Waals surface area contributed by atoms with Crippen LogP contribution >= 0.6 is 11.3 Å². The van der Waals surface area contributed by atoms with E-state index >= 15 is 0 Å². The summed E-state index contributed by atoms with van der Waals surface area (Å²) in [5.74, 6) is 1.87. The van der Waals surface area contributed by atoms with Gasteiger partial charge in [-0.25, -0.2) is 15.0 Å². The largest absolute Gasteiger partial charge is 0.381 e. The smallest absolute Gasteiger partial charge is 0.156 e. The molecule has 0 bridgehead atoms. The first-order valence-electron chi connectivity index (χ1n) is 7.90. The molecule has 0 aliphatic carbocycles. The third-order valence-corrected chi connectivity index (χ3v) is 4.69. The predicted octanol–water partition coefficient (Wildman–Crippen LogP) is 2.76. The first kappa shape index (κ1) is 16.3. The molecule has 124 valence electrons. The molecule has 7 heteroatoms.